The molecule has 3 N–H and O–H groups in total. The van der Waals surface area contributed by atoms with Gasteiger partial charge < -0.3 is 14.5 Å². The third kappa shape index (κ3) is 4.66. The second kappa shape index (κ2) is 6.18. The molecule has 1 aromatic rings. The molecule has 19 heavy (non-hydrogen) atoms. The van der Waals surface area contributed by atoms with Crippen molar-refractivity contribution >= 4 is 15.9 Å². The summed E-state index contributed by atoms with van der Waals surface area (Å²) in [5.74, 6) is -0.512. The standard InChI is InChI=1S/C11H18N2O5S/c1-7(2)17-5-4-13-11(14)9-6-10(8(3)18-9)19(12,15)16/h6-7H,4-5H2,1-3H3,(H,13,14)(H2,12,15,16). The van der Waals surface area contributed by atoms with Gasteiger partial charge in [-0.15, -0.1) is 0 Å². The third-order valence-electron chi connectivity index (χ3n) is 2.24. The fourth-order valence-corrected chi connectivity index (χ4v) is 2.12. The number of primary sulfonamides is 1. The summed E-state index contributed by atoms with van der Waals surface area (Å²) in [7, 11) is -3.88. The van der Waals surface area contributed by atoms with E-state index in [0.29, 0.717) is 13.2 Å². The molecule has 1 heterocycles. The number of sulfonamides is 1. The van der Waals surface area contributed by atoms with Crippen LogP contribution < -0.4 is 10.5 Å². The highest BCUT2D eigenvalue weighted by atomic mass is 32.2. The number of hydrogen-bond donors (Lipinski definition) is 2. The summed E-state index contributed by atoms with van der Waals surface area (Å²) >= 11 is 0. The summed E-state index contributed by atoms with van der Waals surface area (Å²) in [6.45, 7) is 5.87. The van der Waals surface area contributed by atoms with Crippen molar-refractivity contribution in [3.63, 3.8) is 0 Å². The molecule has 108 valence electrons. The number of nitrogens with two attached hydrogens (primary N) is 1. The molecule has 1 aromatic heterocycles. The van der Waals surface area contributed by atoms with Gasteiger partial charge in [0.15, 0.2) is 5.76 Å². The van der Waals surface area contributed by atoms with Crippen molar-refractivity contribution in [2.75, 3.05) is 13.2 Å². The number of aryl methyl sites for hydroxylation is 1. The van der Waals surface area contributed by atoms with E-state index < -0.39 is 15.9 Å². The lowest BCUT2D eigenvalue weighted by Crippen LogP contribution is -2.27. The Kier molecular flexibility index (Phi) is 5.10. The maximum atomic E-state index is 11.7. The third-order valence-corrected chi connectivity index (χ3v) is 3.26. The number of carbonyl (C=O) groups is 1. The Labute approximate surface area is 112 Å². The molecule has 0 spiro atoms. The first-order chi connectivity index (χ1) is 8.71. The van der Waals surface area contributed by atoms with Gasteiger partial charge in [-0.2, -0.15) is 0 Å². The zero-order valence-corrected chi connectivity index (χ0v) is 11.9. The van der Waals surface area contributed by atoms with Crippen molar-refractivity contribution < 1.29 is 22.4 Å². The van der Waals surface area contributed by atoms with Crippen LogP contribution in [0.2, 0.25) is 0 Å². The van der Waals surface area contributed by atoms with Crippen molar-refractivity contribution in [1.82, 2.24) is 5.32 Å². The molecule has 0 aromatic carbocycles. The molecular formula is C11H18N2O5S. The van der Waals surface area contributed by atoms with E-state index in [1.807, 2.05) is 13.8 Å². The Morgan fingerprint density at radius 1 is 1.53 bits per heavy atom. The molecular weight excluding hydrogens is 272 g/mol. The van der Waals surface area contributed by atoms with Gasteiger partial charge in [0.1, 0.15) is 10.7 Å². The van der Waals surface area contributed by atoms with Crippen LogP contribution >= 0.6 is 0 Å². The van der Waals surface area contributed by atoms with Crippen LogP contribution in [0.25, 0.3) is 0 Å². The molecule has 0 saturated heterocycles. The molecule has 0 atom stereocenters. The number of furan rings is 1. The predicted molar refractivity (Wildman–Crippen MR) is 68.2 cm³/mol. The van der Waals surface area contributed by atoms with Gasteiger partial charge in [-0.1, -0.05) is 0 Å². The van der Waals surface area contributed by atoms with E-state index in [1.54, 1.807) is 0 Å². The van der Waals surface area contributed by atoms with Crippen molar-refractivity contribution in [3.8, 4) is 0 Å². The van der Waals surface area contributed by atoms with Gasteiger partial charge in [-0.3, -0.25) is 4.79 Å². The number of carbonyl (C=O) groups excluding carboxylic acids is 1. The predicted octanol–water partition coefficient (Wildman–Crippen LogP) is 0.390. The fraction of sp³-hybridized carbons (Fsp3) is 0.545. The molecule has 8 heteroatoms. The first-order valence-electron chi connectivity index (χ1n) is 5.75. The Morgan fingerprint density at radius 2 is 2.16 bits per heavy atom. The Hall–Kier alpha value is -1.38. The van der Waals surface area contributed by atoms with Crippen LogP contribution in [0.1, 0.15) is 30.2 Å². The van der Waals surface area contributed by atoms with E-state index >= 15 is 0 Å². The van der Waals surface area contributed by atoms with E-state index in [-0.39, 0.29) is 22.5 Å². The zero-order valence-electron chi connectivity index (χ0n) is 11.1. The second-order valence-corrected chi connectivity index (χ2v) is 5.78. The molecule has 0 fully saturated rings. The van der Waals surface area contributed by atoms with Crippen LogP contribution in [0.15, 0.2) is 15.4 Å². The van der Waals surface area contributed by atoms with Crippen LogP contribution in [0, 0.1) is 6.92 Å². The average molecular weight is 290 g/mol. The number of rotatable bonds is 6. The smallest absolute Gasteiger partial charge is 0.287 e. The summed E-state index contributed by atoms with van der Waals surface area (Å²) in [5, 5.41) is 7.54. The minimum atomic E-state index is -3.88. The van der Waals surface area contributed by atoms with Crippen LogP contribution in [0.3, 0.4) is 0 Å². The molecule has 1 amide bonds. The van der Waals surface area contributed by atoms with Gasteiger partial charge in [0.25, 0.3) is 5.91 Å². The number of nitrogens with one attached hydrogen (secondary N) is 1. The fourth-order valence-electron chi connectivity index (χ4n) is 1.41. The van der Waals surface area contributed by atoms with Gasteiger partial charge in [-0.25, -0.2) is 13.6 Å². The quantitative estimate of drug-likeness (QED) is 0.736. The molecule has 0 radical (unpaired) electrons. The lowest BCUT2D eigenvalue weighted by molar-refractivity contribution is 0.0736. The SMILES string of the molecule is Cc1oc(C(=O)NCCOC(C)C)cc1S(N)(=O)=O. The van der Waals surface area contributed by atoms with Gasteiger partial charge in [0.05, 0.1) is 12.7 Å². The lowest BCUT2D eigenvalue weighted by atomic mass is 10.4. The van der Waals surface area contributed by atoms with E-state index in [0.717, 1.165) is 6.07 Å². The highest BCUT2D eigenvalue weighted by Crippen LogP contribution is 2.18. The van der Waals surface area contributed by atoms with E-state index in [2.05, 4.69) is 5.32 Å². The van der Waals surface area contributed by atoms with E-state index in [9.17, 15) is 13.2 Å². The van der Waals surface area contributed by atoms with Crippen LogP contribution in [-0.2, 0) is 14.8 Å². The number of amides is 1. The molecule has 0 unspecified atom stereocenters. The first-order valence-corrected chi connectivity index (χ1v) is 7.29. The van der Waals surface area contributed by atoms with Crippen molar-refractivity contribution in [2.24, 2.45) is 5.14 Å². The van der Waals surface area contributed by atoms with Crippen molar-refractivity contribution in [1.29, 1.82) is 0 Å². The van der Waals surface area contributed by atoms with E-state index in [1.165, 1.54) is 6.92 Å². The first kappa shape index (κ1) is 15.7. The highest BCUT2D eigenvalue weighted by molar-refractivity contribution is 7.89. The molecule has 0 saturated carbocycles. The van der Waals surface area contributed by atoms with Crippen LogP contribution in [0.4, 0.5) is 0 Å². The number of hydrogen-bond acceptors (Lipinski definition) is 5. The monoisotopic (exact) mass is 290 g/mol. The molecule has 0 bridgehead atoms. The molecule has 0 aliphatic rings. The van der Waals surface area contributed by atoms with Crippen molar-refractivity contribution in [3.05, 3.63) is 17.6 Å². The summed E-state index contributed by atoms with van der Waals surface area (Å²) in [6, 6.07) is 1.11. The second-order valence-electron chi connectivity index (χ2n) is 4.25. The van der Waals surface area contributed by atoms with Crippen molar-refractivity contribution in [2.45, 2.75) is 31.8 Å². The summed E-state index contributed by atoms with van der Waals surface area (Å²) in [6.07, 6.45) is 0.0803. The Bertz CT molecular complexity index is 547. The molecule has 0 aliphatic heterocycles. The summed E-state index contributed by atoms with van der Waals surface area (Å²) in [5.41, 5.74) is 0. The molecule has 1 rings (SSSR count). The zero-order chi connectivity index (χ0) is 14.6. The topological polar surface area (TPSA) is 112 Å². The van der Waals surface area contributed by atoms with Gasteiger partial charge in [0, 0.05) is 12.6 Å². The summed E-state index contributed by atoms with van der Waals surface area (Å²) < 4.78 is 32.7. The van der Waals surface area contributed by atoms with E-state index in [4.69, 9.17) is 14.3 Å². The Balaban J connectivity index is 2.64. The van der Waals surface area contributed by atoms with Gasteiger partial charge >= 0.3 is 0 Å². The highest BCUT2D eigenvalue weighted by Gasteiger charge is 2.20. The normalized spacial score (nSPS) is 11.8. The number of ether oxygens (including phenoxy) is 1. The molecule has 7 nitrogen and oxygen atoms in total. The molecule has 0 aliphatic carbocycles. The average Bonchev–Trinajstić information content (AvgIpc) is 2.66. The largest absolute Gasteiger partial charge is 0.455 e. The Morgan fingerprint density at radius 3 is 2.63 bits per heavy atom. The summed E-state index contributed by atoms with van der Waals surface area (Å²) in [4.78, 5) is 11.5. The minimum absolute atomic E-state index is 0.0803. The lowest BCUT2D eigenvalue weighted by Gasteiger charge is -2.07. The van der Waals surface area contributed by atoms with Gasteiger partial charge in [0.2, 0.25) is 10.0 Å². The minimum Gasteiger partial charge on any atom is -0.455 e. The van der Waals surface area contributed by atoms with Gasteiger partial charge in [-0.05, 0) is 20.8 Å². The van der Waals surface area contributed by atoms with Crippen LogP contribution in [-0.4, -0.2) is 33.6 Å². The maximum Gasteiger partial charge on any atom is 0.287 e. The maximum absolute atomic E-state index is 11.7. The van der Waals surface area contributed by atoms with Crippen LogP contribution in [0.5, 0.6) is 0 Å².